The summed E-state index contributed by atoms with van der Waals surface area (Å²) in [5.74, 6) is 0.173. The summed E-state index contributed by atoms with van der Waals surface area (Å²) in [7, 11) is 2.93. The molecule has 10 heteroatoms. The van der Waals surface area contributed by atoms with Crippen LogP contribution in [-0.2, 0) is 15.7 Å². The molecule has 0 unspecified atom stereocenters. The number of aryl methyl sites for hydroxylation is 2. The Labute approximate surface area is 267 Å². The fraction of sp³-hybridized carbons (Fsp3) is 0.417. The Bertz CT molecular complexity index is 1710. The molecule has 1 fully saturated rings. The van der Waals surface area contributed by atoms with Crippen molar-refractivity contribution in [3.8, 4) is 17.0 Å². The molecule has 1 saturated heterocycles. The lowest BCUT2D eigenvalue weighted by molar-refractivity contribution is -0.137. The Morgan fingerprint density at radius 1 is 1.09 bits per heavy atom. The lowest BCUT2D eigenvalue weighted by Gasteiger charge is -2.35. The third-order valence-corrected chi connectivity index (χ3v) is 8.97. The molecule has 2 heterocycles. The average Bonchev–Trinajstić information content (AvgIpc) is 3.27. The largest absolute Gasteiger partial charge is 0.494 e. The number of carbonyl (C=O) groups excluding carboxylic acids is 2. The molecule has 0 radical (unpaired) electrons. The number of allylic oxidation sites excluding steroid dienone is 1. The smallest absolute Gasteiger partial charge is 0.416 e. The van der Waals surface area contributed by atoms with Gasteiger partial charge in [-0.1, -0.05) is 31.5 Å². The Morgan fingerprint density at radius 3 is 2.48 bits per heavy atom. The number of esters is 1. The predicted molar refractivity (Wildman–Crippen MR) is 168 cm³/mol. The number of hydrogen-bond donors (Lipinski definition) is 0. The lowest BCUT2D eigenvalue weighted by Crippen LogP contribution is -2.35. The zero-order valence-electron chi connectivity index (χ0n) is 27.2. The van der Waals surface area contributed by atoms with E-state index in [1.807, 2.05) is 25.1 Å². The van der Waals surface area contributed by atoms with Gasteiger partial charge in [-0.05, 0) is 104 Å². The van der Waals surface area contributed by atoms with Gasteiger partial charge in [-0.15, -0.1) is 0 Å². The summed E-state index contributed by atoms with van der Waals surface area (Å²) in [4.78, 5) is 32.0. The third kappa shape index (κ3) is 6.62. The second-order valence-corrected chi connectivity index (χ2v) is 13.0. The molecule has 2 atom stereocenters. The van der Waals surface area contributed by atoms with Gasteiger partial charge in [0, 0.05) is 12.1 Å². The van der Waals surface area contributed by atoms with Crippen molar-refractivity contribution in [1.82, 2.24) is 9.88 Å². The van der Waals surface area contributed by atoms with Crippen molar-refractivity contribution in [3.05, 3.63) is 87.6 Å². The molecule has 0 spiro atoms. The van der Waals surface area contributed by atoms with Crippen LogP contribution in [0.2, 0.25) is 0 Å². The monoisotopic (exact) mass is 636 g/mol. The standard InChI is InChI=1S/C36H39F3N2O5/c1-20-14-24(17-26(15-20)36(37,38)39)32-22(3)41(34(43)46-32)19-25-18-35(4,5)13-12-28(25)31-30(44-6)11-10-29(40-31)27-9-8-23(16-21(27)2)33(42)45-7/h8-11,14-17,22,32H,12-13,18-19H2,1-7H3/t22-,32-/m0/s1. The number of cyclic esters (lactones) is 1. The fourth-order valence-corrected chi connectivity index (χ4v) is 6.53. The van der Waals surface area contributed by atoms with Gasteiger partial charge in [0.05, 0.1) is 37.1 Å². The zero-order valence-corrected chi connectivity index (χ0v) is 27.2. The van der Waals surface area contributed by atoms with Crippen molar-refractivity contribution in [2.75, 3.05) is 20.8 Å². The SMILES string of the molecule is COC(=O)c1ccc(-c2ccc(OC)c(C3=C(CN4C(=O)O[C@H](c5cc(C)cc(C(F)(F)F)c5)[C@@H]4C)CC(C)(C)CC3)n2)c(C)c1. The number of aromatic nitrogens is 1. The van der Waals surface area contributed by atoms with Gasteiger partial charge in [-0.25, -0.2) is 14.6 Å². The summed E-state index contributed by atoms with van der Waals surface area (Å²) in [5.41, 5.74) is 5.45. The minimum Gasteiger partial charge on any atom is -0.494 e. The number of alkyl halides is 3. The van der Waals surface area contributed by atoms with Crippen molar-refractivity contribution < 1.29 is 37.0 Å². The molecule has 3 aromatic rings. The number of amides is 1. The number of nitrogens with zero attached hydrogens (tertiary/aromatic N) is 2. The third-order valence-electron chi connectivity index (χ3n) is 8.97. The van der Waals surface area contributed by atoms with E-state index in [9.17, 15) is 22.8 Å². The van der Waals surface area contributed by atoms with Gasteiger partial charge < -0.3 is 14.2 Å². The van der Waals surface area contributed by atoms with Gasteiger partial charge in [0.2, 0.25) is 0 Å². The van der Waals surface area contributed by atoms with E-state index in [-0.39, 0.29) is 12.0 Å². The van der Waals surface area contributed by atoms with E-state index in [1.54, 1.807) is 44.1 Å². The highest BCUT2D eigenvalue weighted by molar-refractivity contribution is 5.90. The quantitative estimate of drug-likeness (QED) is 0.242. The Balaban J connectivity index is 1.53. The molecule has 244 valence electrons. The van der Waals surface area contributed by atoms with E-state index >= 15 is 0 Å². The highest BCUT2D eigenvalue weighted by Crippen LogP contribution is 2.46. The second-order valence-electron chi connectivity index (χ2n) is 13.0. The van der Waals surface area contributed by atoms with Gasteiger partial charge in [-0.2, -0.15) is 13.2 Å². The van der Waals surface area contributed by atoms with Gasteiger partial charge >= 0.3 is 18.2 Å². The van der Waals surface area contributed by atoms with Crippen molar-refractivity contribution >= 4 is 17.6 Å². The highest BCUT2D eigenvalue weighted by atomic mass is 19.4. The minimum absolute atomic E-state index is 0.0472. The van der Waals surface area contributed by atoms with E-state index < -0.39 is 35.9 Å². The average molecular weight is 637 g/mol. The topological polar surface area (TPSA) is 78.0 Å². The molecule has 1 aliphatic heterocycles. The van der Waals surface area contributed by atoms with Gasteiger partial charge in [0.1, 0.15) is 17.5 Å². The van der Waals surface area contributed by atoms with E-state index in [0.717, 1.165) is 40.8 Å². The summed E-state index contributed by atoms with van der Waals surface area (Å²) in [6.07, 6.45) is -3.65. The summed E-state index contributed by atoms with van der Waals surface area (Å²) in [6, 6.07) is 12.3. The van der Waals surface area contributed by atoms with Crippen LogP contribution in [-0.4, -0.2) is 48.8 Å². The van der Waals surface area contributed by atoms with Gasteiger partial charge in [0.15, 0.2) is 0 Å². The molecule has 2 aliphatic rings. The van der Waals surface area contributed by atoms with Crippen LogP contribution >= 0.6 is 0 Å². The van der Waals surface area contributed by atoms with Crippen LogP contribution in [0, 0.1) is 19.3 Å². The van der Waals surface area contributed by atoms with E-state index in [4.69, 9.17) is 19.2 Å². The summed E-state index contributed by atoms with van der Waals surface area (Å²) in [5, 5.41) is 0. The first kappa shape index (κ1) is 33.0. The summed E-state index contributed by atoms with van der Waals surface area (Å²) >= 11 is 0. The van der Waals surface area contributed by atoms with Crippen LogP contribution in [0.1, 0.15) is 84.4 Å². The van der Waals surface area contributed by atoms with Crippen LogP contribution in [0.5, 0.6) is 5.75 Å². The lowest BCUT2D eigenvalue weighted by atomic mass is 9.73. The molecule has 1 amide bonds. The predicted octanol–water partition coefficient (Wildman–Crippen LogP) is 8.73. The van der Waals surface area contributed by atoms with Crippen LogP contribution in [0.4, 0.5) is 18.0 Å². The maximum atomic E-state index is 13.6. The molecule has 0 bridgehead atoms. The molecule has 5 rings (SSSR count). The van der Waals surface area contributed by atoms with Crippen LogP contribution < -0.4 is 4.74 Å². The number of carbonyl (C=O) groups is 2. The maximum absolute atomic E-state index is 13.6. The first-order chi connectivity index (χ1) is 21.6. The van der Waals surface area contributed by atoms with E-state index in [0.29, 0.717) is 46.7 Å². The van der Waals surface area contributed by atoms with Crippen LogP contribution in [0.25, 0.3) is 16.8 Å². The Morgan fingerprint density at radius 2 is 1.83 bits per heavy atom. The van der Waals surface area contributed by atoms with Crippen molar-refractivity contribution in [3.63, 3.8) is 0 Å². The molecule has 1 aromatic heterocycles. The summed E-state index contributed by atoms with van der Waals surface area (Å²) < 4.78 is 57.1. The van der Waals surface area contributed by atoms with Crippen LogP contribution in [0.15, 0.2) is 54.1 Å². The number of ether oxygens (including phenoxy) is 3. The molecule has 0 N–H and O–H groups in total. The molecular formula is C36H39F3N2O5. The Hall–Kier alpha value is -4.34. The minimum atomic E-state index is -4.51. The van der Waals surface area contributed by atoms with Gasteiger partial charge in [0.25, 0.3) is 0 Å². The number of rotatable bonds is 7. The number of benzene rings is 2. The molecule has 46 heavy (non-hydrogen) atoms. The molecule has 2 aromatic carbocycles. The maximum Gasteiger partial charge on any atom is 0.416 e. The Kier molecular flexibility index (Phi) is 8.94. The number of halogens is 3. The first-order valence-electron chi connectivity index (χ1n) is 15.2. The highest BCUT2D eigenvalue weighted by Gasteiger charge is 2.42. The van der Waals surface area contributed by atoms with Crippen molar-refractivity contribution in [2.45, 2.75) is 72.2 Å². The van der Waals surface area contributed by atoms with E-state index in [1.165, 1.54) is 7.11 Å². The van der Waals surface area contributed by atoms with Gasteiger partial charge in [-0.3, -0.25) is 4.90 Å². The van der Waals surface area contributed by atoms with E-state index in [2.05, 4.69) is 13.8 Å². The fourth-order valence-electron chi connectivity index (χ4n) is 6.53. The van der Waals surface area contributed by atoms with Crippen molar-refractivity contribution in [1.29, 1.82) is 0 Å². The number of methoxy groups -OCH3 is 2. The zero-order chi connectivity index (χ0) is 33.6. The summed E-state index contributed by atoms with van der Waals surface area (Å²) in [6.45, 7) is 9.91. The number of pyridine rings is 1. The molecule has 1 aliphatic carbocycles. The molecular weight excluding hydrogens is 597 g/mol. The van der Waals surface area contributed by atoms with Crippen LogP contribution in [0.3, 0.4) is 0 Å². The normalized spacial score (nSPS) is 19.7. The number of hydrogen-bond acceptors (Lipinski definition) is 6. The first-order valence-corrected chi connectivity index (χ1v) is 15.2. The molecule has 7 nitrogen and oxygen atoms in total. The van der Waals surface area contributed by atoms with Crippen molar-refractivity contribution in [2.24, 2.45) is 5.41 Å². The molecule has 0 saturated carbocycles. The second kappa shape index (κ2) is 12.5.